The average Bonchev–Trinajstić information content (AvgIpc) is 3.30. The van der Waals surface area contributed by atoms with E-state index in [1.54, 1.807) is 0 Å². The predicted molar refractivity (Wildman–Crippen MR) is 86.5 cm³/mol. The summed E-state index contributed by atoms with van der Waals surface area (Å²) in [4.78, 5) is 12.7. The Morgan fingerprint density at radius 3 is 2.33 bits per heavy atom. The highest BCUT2D eigenvalue weighted by Gasteiger charge is 2.51. The summed E-state index contributed by atoms with van der Waals surface area (Å²) in [5.74, 6) is 1.09. The van der Waals surface area contributed by atoms with Crippen LogP contribution in [0.2, 0.25) is 5.02 Å². The zero-order valence-electron chi connectivity index (χ0n) is 12.7. The SMILES string of the molecule is CCC1CCC(NC(=O)C2(c3ccc(Cl)cc3)CC2)CC1. The van der Waals surface area contributed by atoms with Gasteiger partial charge in [0.05, 0.1) is 5.41 Å². The molecule has 0 spiro atoms. The standard InChI is InChI=1S/C18H24ClNO/c1-2-13-3-9-16(10-4-13)20-17(21)18(11-12-18)14-5-7-15(19)8-6-14/h5-8,13,16H,2-4,9-12H2,1H3,(H,20,21). The van der Waals surface area contributed by atoms with Crippen LogP contribution in [0.25, 0.3) is 0 Å². The topological polar surface area (TPSA) is 29.1 Å². The highest BCUT2D eigenvalue weighted by molar-refractivity contribution is 6.30. The molecule has 0 heterocycles. The molecule has 3 rings (SSSR count). The van der Waals surface area contributed by atoms with Crippen LogP contribution in [-0.2, 0) is 10.2 Å². The molecule has 0 aromatic heterocycles. The van der Waals surface area contributed by atoms with Crippen molar-refractivity contribution < 1.29 is 4.79 Å². The third-order valence-electron chi connectivity index (χ3n) is 5.34. The lowest BCUT2D eigenvalue weighted by Crippen LogP contribution is -2.43. The molecule has 114 valence electrons. The lowest BCUT2D eigenvalue weighted by atomic mass is 9.84. The van der Waals surface area contributed by atoms with Crippen molar-refractivity contribution in [1.82, 2.24) is 5.32 Å². The minimum absolute atomic E-state index is 0.227. The van der Waals surface area contributed by atoms with Gasteiger partial charge in [-0.3, -0.25) is 4.79 Å². The molecule has 0 radical (unpaired) electrons. The van der Waals surface area contributed by atoms with Crippen molar-refractivity contribution in [3.63, 3.8) is 0 Å². The van der Waals surface area contributed by atoms with Crippen LogP contribution in [0.1, 0.15) is 57.4 Å². The van der Waals surface area contributed by atoms with Crippen molar-refractivity contribution in [2.24, 2.45) is 5.92 Å². The van der Waals surface area contributed by atoms with Gasteiger partial charge in [0.15, 0.2) is 0 Å². The van der Waals surface area contributed by atoms with E-state index < -0.39 is 0 Å². The first-order chi connectivity index (χ1) is 10.1. The number of nitrogens with one attached hydrogen (secondary N) is 1. The number of rotatable bonds is 4. The van der Waals surface area contributed by atoms with E-state index >= 15 is 0 Å². The average molecular weight is 306 g/mol. The fourth-order valence-electron chi connectivity index (χ4n) is 3.58. The van der Waals surface area contributed by atoms with Crippen molar-refractivity contribution in [2.75, 3.05) is 0 Å². The summed E-state index contributed by atoms with van der Waals surface area (Å²) >= 11 is 5.94. The molecule has 2 aliphatic rings. The molecule has 2 aliphatic carbocycles. The summed E-state index contributed by atoms with van der Waals surface area (Å²) in [7, 11) is 0. The summed E-state index contributed by atoms with van der Waals surface area (Å²) in [6, 6.07) is 8.16. The number of amides is 1. The number of halogens is 1. The molecule has 1 aromatic rings. The van der Waals surface area contributed by atoms with Crippen molar-refractivity contribution in [3.05, 3.63) is 34.9 Å². The van der Waals surface area contributed by atoms with Crippen LogP contribution in [0.15, 0.2) is 24.3 Å². The van der Waals surface area contributed by atoms with Crippen molar-refractivity contribution >= 4 is 17.5 Å². The van der Waals surface area contributed by atoms with Gasteiger partial charge in [0.1, 0.15) is 0 Å². The molecule has 2 saturated carbocycles. The van der Waals surface area contributed by atoms with Gasteiger partial charge in [0, 0.05) is 11.1 Å². The summed E-state index contributed by atoms with van der Waals surface area (Å²) in [5, 5.41) is 4.04. The maximum Gasteiger partial charge on any atom is 0.230 e. The first kappa shape index (κ1) is 14.9. The smallest absolute Gasteiger partial charge is 0.230 e. The predicted octanol–water partition coefficient (Wildman–Crippen LogP) is 4.46. The normalized spacial score (nSPS) is 27.1. The van der Waals surface area contributed by atoms with Gasteiger partial charge in [-0.05, 0) is 62.1 Å². The fourth-order valence-corrected chi connectivity index (χ4v) is 3.71. The van der Waals surface area contributed by atoms with Crippen molar-refractivity contribution in [3.8, 4) is 0 Å². The van der Waals surface area contributed by atoms with Crippen LogP contribution in [-0.4, -0.2) is 11.9 Å². The summed E-state index contributed by atoms with van der Waals surface area (Å²) < 4.78 is 0. The molecule has 0 saturated heterocycles. The molecular weight excluding hydrogens is 282 g/mol. The van der Waals surface area contributed by atoms with Gasteiger partial charge in [0.2, 0.25) is 5.91 Å². The Labute approximate surface area is 132 Å². The Morgan fingerprint density at radius 2 is 1.81 bits per heavy atom. The third-order valence-corrected chi connectivity index (χ3v) is 5.59. The molecule has 0 atom stereocenters. The lowest BCUT2D eigenvalue weighted by molar-refractivity contribution is -0.124. The fraction of sp³-hybridized carbons (Fsp3) is 0.611. The molecule has 3 heteroatoms. The van der Waals surface area contributed by atoms with E-state index in [-0.39, 0.29) is 11.3 Å². The minimum Gasteiger partial charge on any atom is -0.353 e. The molecular formula is C18H24ClNO. The second-order valence-electron chi connectivity index (χ2n) is 6.69. The van der Waals surface area contributed by atoms with Gasteiger partial charge in [-0.2, -0.15) is 0 Å². The van der Waals surface area contributed by atoms with Crippen molar-refractivity contribution in [2.45, 2.75) is 63.3 Å². The van der Waals surface area contributed by atoms with E-state index in [9.17, 15) is 4.79 Å². The van der Waals surface area contributed by atoms with E-state index in [1.165, 1.54) is 19.3 Å². The highest BCUT2D eigenvalue weighted by atomic mass is 35.5. The third kappa shape index (κ3) is 3.11. The second kappa shape index (κ2) is 6.00. The van der Waals surface area contributed by atoms with E-state index in [2.05, 4.69) is 12.2 Å². The molecule has 0 bridgehead atoms. The van der Waals surface area contributed by atoms with Crippen LogP contribution < -0.4 is 5.32 Å². The van der Waals surface area contributed by atoms with Crippen LogP contribution >= 0.6 is 11.6 Å². The Hall–Kier alpha value is -1.02. The van der Waals surface area contributed by atoms with Crippen LogP contribution in [0.5, 0.6) is 0 Å². The number of hydrogen-bond acceptors (Lipinski definition) is 1. The van der Waals surface area contributed by atoms with Gasteiger partial charge in [0.25, 0.3) is 0 Å². The second-order valence-corrected chi connectivity index (χ2v) is 7.12. The van der Waals surface area contributed by atoms with Crippen LogP contribution in [0, 0.1) is 5.92 Å². The van der Waals surface area contributed by atoms with Gasteiger partial charge >= 0.3 is 0 Å². The summed E-state index contributed by atoms with van der Waals surface area (Å²) in [5.41, 5.74) is 0.846. The van der Waals surface area contributed by atoms with E-state index in [0.717, 1.165) is 42.2 Å². The van der Waals surface area contributed by atoms with Crippen molar-refractivity contribution in [1.29, 1.82) is 0 Å². The molecule has 2 fully saturated rings. The van der Waals surface area contributed by atoms with Gasteiger partial charge in [-0.1, -0.05) is 37.1 Å². The quantitative estimate of drug-likeness (QED) is 0.874. The maximum absolute atomic E-state index is 12.7. The molecule has 21 heavy (non-hydrogen) atoms. The van der Waals surface area contributed by atoms with Crippen LogP contribution in [0.3, 0.4) is 0 Å². The van der Waals surface area contributed by atoms with Gasteiger partial charge in [-0.15, -0.1) is 0 Å². The summed E-state index contributed by atoms with van der Waals surface area (Å²) in [6.07, 6.45) is 8.00. The monoisotopic (exact) mass is 305 g/mol. The number of benzene rings is 1. The minimum atomic E-state index is -0.272. The van der Waals surface area contributed by atoms with E-state index in [4.69, 9.17) is 11.6 Å². The largest absolute Gasteiger partial charge is 0.353 e. The molecule has 0 aliphatic heterocycles. The van der Waals surface area contributed by atoms with Gasteiger partial charge in [-0.25, -0.2) is 0 Å². The lowest BCUT2D eigenvalue weighted by Gasteiger charge is -2.30. The summed E-state index contributed by atoms with van der Waals surface area (Å²) in [6.45, 7) is 2.27. The first-order valence-corrected chi connectivity index (χ1v) is 8.59. The number of hydrogen-bond donors (Lipinski definition) is 1. The maximum atomic E-state index is 12.7. The van der Waals surface area contributed by atoms with Gasteiger partial charge < -0.3 is 5.32 Å². The zero-order chi connectivity index (χ0) is 14.9. The molecule has 0 unspecified atom stereocenters. The zero-order valence-corrected chi connectivity index (χ0v) is 13.5. The Bertz CT molecular complexity index is 498. The molecule has 1 aromatic carbocycles. The van der Waals surface area contributed by atoms with E-state index in [0.29, 0.717) is 6.04 Å². The molecule has 1 amide bonds. The van der Waals surface area contributed by atoms with E-state index in [1.807, 2.05) is 24.3 Å². The number of carbonyl (C=O) groups is 1. The number of carbonyl (C=O) groups excluding carboxylic acids is 1. The Kier molecular flexibility index (Phi) is 4.26. The first-order valence-electron chi connectivity index (χ1n) is 8.21. The molecule has 1 N–H and O–H groups in total. The highest BCUT2D eigenvalue weighted by Crippen LogP contribution is 2.48. The van der Waals surface area contributed by atoms with Crippen LogP contribution in [0.4, 0.5) is 0 Å². The Morgan fingerprint density at radius 1 is 1.19 bits per heavy atom. The Balaban J connectivity index is 1.62. The molecule has 2 nitrogen and oxygen atoms in total.